The number of hydrogen-bond donors (Lipinski definition) is 0. The second kappa shape index (κ2) is 7.11. The Morgan fingerprint density at radius 3 is 2.33 bits per heavy atom. The van der Waals surface area contributed by atoms with Crippen molar-refractivity contribution in [2.45, 2.75) is 50.0 Å². The van der Waals surface area contributed by atoms with Gasteiger partial charge in [0.2, 0.25) is 10.0 Å². The average molecular weight is 439 g/mol. The Morgan fingerprint density at radius 2 is 1.81 bits per heavy atom. The third-order valence-electron chi connectivity index (χ3n) is 4.46. The Balaban J connectivity index is 2.19. The van der Waals surface area contributed by atoms with E-state index in [1.807, 2.05) is 0 Å². The van der Waals surface area contributed by atoms with Gasteiger partial charge < -0.3 is 0 Å². The Kier molecular flexibility index (Phi) is 5.91. The molecule has 0 aliphatic heterocycles. The molecule has 1 aliphatic carbocycles. The zero-order valence-corrected chi connectivity index (χ0v) is 16.3. The van der Waals surface area contributed by atoms with Crippen LogP contribution in [0.25, 0.3) is 0 Å². The van der Waals surface area contributed by atoms with Crippen molar-refractivity contribution in [1.82, 2.24) is 4.31 Å². The molecule has 0 atom stereocenters. The van der Waals surface area contributed by atoms with Crippen LogP contribution in [-0.4, -0.2) is 25.8 Å². The fourth-order valence-electron chi connectivity index (χ4n) is 2.95. The Labute approximate surface area is 144 Å². The quantitative estimate of drug-likeness (QED) is 0.676. The molecule has 0 heterocycles. The van der Waals surface area contributed by atoms with Crippen molar-refractivity contribution in [1.29, 1.82) is 0 Å². The van der Waals surface area contributed by atoms with Crippen molar-refractivity contribution >= 4 is 41.9 Å². The van der Waals surface area contributed by atoms with Crippen LogP contribution in [0.4, 0.5) is 0 Å². The van der Waals surface area contributed by atoms with Crippen molar-refractivity contribution in [2.75, 3.05) is 7.05 Å². The zero-order valence-electron chi connectivity index (χ0n) is 12.4. The molecule has 21 heavy (non-hydrogen) atoms. The summed E-state index contributed by atoms with van der Waals surface area (Å²) in [7, 11) is -1.74. The van der Waals surface area contributed by atoms with E-state index >= 15 is 0 Å². The van der Waals surface area contributed by atoms with Crippen LogP contribution < -0.4 is 0 Å². The molecule has 1 aromatic rings. The van der Waals surface area contributed by atoms with Crippen LogP contribution >= 0.6 is 31.9 Å². The van der Waals surface area contributed by atoms with Crippen molar-refractivity contribution in [3.63, 3.8) is 0 Å². The van der Waals surface area contributed by atoms with E-state index < -0.39 is 10.0 Å². The molecule has 0 aromatic heterocycles. The highest BCUT2D eigenvalue weighted by Gasteiger charge is 2.32. The summed E-state index contributed by atoms with van der Waals surface area (Å²) in [4.78, 5) is 0.339. The highest BCUT2D eigenvalue weighted by Crippen LogP contribution is 2.33. The monoisotopic (exact) mass is 437 g/mol. The molecule has 6 heteroatoms. The molecule has 118 valence electrons. The van der Waals surface area contributed by atoms with Crippen LogP contribution in [0.5, 0.6) is 0 Å². The number of benzene rings is 1. The summed E-state index contributed by atoms with van der Waals surface area (Å²) in [6.07, 6.45) is 5.37. The summed E-state index contributed by atoms with van der Waals surface area (Å²) < 4.78 is 28.6. The second-order valence-corrected chi connectivity index (χ2v) is 9.41. The summed E-state index contributed by atoms with van der Waals surface area (Å²) in [5.74, 6) is 0.761. The van der Waals surface area contributed by atoms with Gasteiger partial charge >= 0.3 is 0 Å². The molecule has 1 aromatic carbocycles. The predicted octanol–water partition coefficient (Wildman–Crippen LogP) is 4.80. The van der Waals surface area contributed by atoms with Crippen LogP contribution in [0.1, 0.15) is 39.0 Å². The molecule has 0 saturated heterocycles. The van der Waals surface area contributed by atoms with Gasteiger partial charge in [-0.15, -0.1) is 0 Å². The fraction of sp³-hybridized carbons (Fsp3) is 0.600. The molecule has 1 fully saturated rings. The maximum atomic E-state index is 12.8. The molecular formula is C15H21Br2NO2S. The predicted molar refractivity (Wildman–Crippen MR) is 92.8 cm³/mol. The average Bonchev–Trinajstić information content (AvgIpc) is 2.46. The van der Waals surface area contributed by atoms with Crippen molar-refractivity contribution in [2.24, 2.45) is 5.92 Å². The summed E-state index contributed by atoms with van der Waals surface area (Å²) in [6, 6.07) is 5.31. The third kappa shape index (κ3) is 3.89. The molecule has 0 amide bonds. The van der Waals surface area contributed by atoms with E-state index in [2.05, 4.69) is 38.8 Å². The van der Waals surface area contributed by atoms with Crippen LogP contribution in [0.2, 0.25) is 0 Å². The van der Waals surface area contributed by atoms with E-state index in [9.17, 15) is 8.42 Å². The molecular weight excluding hydrogens is 418 g/mol. The molecule has 0 radical (unpaired) electrons. The molecule has 1 saturated carbocycles. The first-order valence-corrected chi connectivity index (χ1v) is 10.3. The summed E-state index contributed by atoms with van der Waals surface area (Å²) in [5.41, 5.74) is 0. The van der Waals surface area contributed by atoms with Gasteiger partial charge in [0, 0.05) is 22.0 Å². The highest BCUT2D eigenvalue weighted by atomic mass is 79.9. The lowest BCUT2D eigenvalue weighted by Gasteiger charge is -2.33. The minimum absolute atomic E-state index is 0.119. The van der Waals surface area contributed by atoms with Crippen LogP contribution in [0.15, 0.2) is 32.0 Å². The van der Waals surface area contributed by atoms with E-state index in [0.717, 1.165) is 36.1 Å². The summed E-state index contributed by atoms with van der Waals surface area (Å²) >= 11 is 6.71. The number of hydrogen-bond acceptors (Lipinski definition) is 2. The van der Waals surface area contributed by atoms with Gasteiger partial charge in [-0.05, 0) is 65.7 Å². The van der Waals surface area contributed by atoms with E-state index in [1.165, 1.54) is 6.42 Å². The number of rotatable bonds is 4. The van der Waals surface area contributed by atoms with Gasteiger partial charge in [-0.2, -0.15) is 4.31 Å². The van der Waals surface area contributed by atoms with E-state index in [0.29, 0.717) is 9.37 Å². The van der Waals surface area contributed by atoms with Crippen LogP contribution in [0.3, 0.4) is 0 Å². The summed E-state index contributed by atoms with van der Waals surface area (Å²) in [5, 5.41) is 0. The largest absolute Gasteiger partial charge is 0.244 e. The molecule has 0 spiro atoms. The van der Waals surface area contributed by atoms with Gasteiger partial charge in [-0.25, -0.2) is 8.42 Å². The van der Waals surface area contributed by atoms with Crippen molar-refractivity contribution in [3.05, 3.63) is 27.1 Å². The van der Waals surface area contributed by atoms with Gasteiger partial charge in [0.1, 0.15) is 0 Å². The molecule has 0 unspecified atom stereocenters. The molecule has 0 bridgehead atoms. The first-order chi connectivity index (χ1) is 9.86. The minimum Gasteiger partial charge on any atom is -0.207 e. The van der Waals surface area contributed by atoms with Crippen molar-refractivity contribution < 1.29 is 8.42 Å². The number of sulfonamides is 1. The number of nitrogens with zero attached hydrogens (tertiary/aromatic N) is 1. The second-order valence-electron chi connectivity index (χ2n) is 5.68. The molecule has 3 nitrogen and oxygen atoms in total. The molecule has 1 aliphatic rings. The smallest absolute Gasteiger partial charge is 0.207 e. The van der Waals surface area contributed by atoms with Gasteiger partial charge in [-0.1, -0.05) is 29.3 Å². The third-order valence-corrected chi connectivity index (χ3v) is 7.84. The van der Waals surface area contributed by atoms with E-state index in [-0.39, 0.29) is 6.04 Å². The lowest BCUT2D eigenvalue weighted by molar-refractivity contribution is 0.233. The zero-order chi connectivity index (χ0) is 15.6. The van der Waals surface area contributed by atoms with Gasteiger partial charge in [-0.3, -0.25) is 0 Å². The topological polar surface area (TPSA) is 37.4 Å². The SMILES string of the molecule is CCC1CCC(N(C)S(=O)(=O)c2ccc(Br)cc2Br)CC1. The summed E-state index contributed by atoms with van der Waals surface area (Å²) in [6.45, 7) is 2.21. The van der Waals surface area contributed by atoms with Gasteiger partial charge in [0.25, 0.3) is 0 Å². The van der Waals surface area contributed by atoms with Gasteiger partial charge in [0.15, 0.2) is 0 Å². The van der Waals surface area contributed by atoms with Crippen molar-refractivity contribution in [3.8, 4) is 0 Å². The Bertz CT molecular complexity index is 596. The number of halogens is 2. The maximum Gasteiger partial charge on any atom is 0.244 e. The van der Waals surface area contributed by atoms with Gasteiger partial charge in [0.05, 0.1) is 4.90 Å². The van der Waals surface area contributed by atoms with Crippen LogP contribution in [-0.2, 0) is 10.0 Å². The van der Waals surface area contributed by atoms with E-state index in [1.54, 1.807) is 29.6 Å². The maximum absolute atomic E-state index is 12.8. The molecule has 2 rings (SSSR count). The lowest BCUT2D eigenvalue weighted by atomic mass is 9.85. The van der Waals surface area contributed by atoms with E-state index in [4.69, 9.17) is 0 Å². The Morgan fingerprint density at radius 1 is 1.19 bits per heavy atom. The standard InChI is InChI=1S/C15H21Br2NO2S/c1-3-11-4-7-13(8-5-11)18(2)21(19,20)15-9-6-12(16)10-14(15)17/h6,9-11,13H,3-5,7-8H2,1-2H3. The normalized spacial score (nSPS) is 23.5. The minimum atomic E-state index is -3.44. The van der Waals surface area contributed by atoms with Crippen LogP contribution in [0, 0.1) is 5.92 Å². The first-order valence-electron chi connectivity index (χ1n) is 7.29. The fourth-order valence-corrected chi connectivity index (χ4v) is 6.07. The lowest BCUT2D eigenvalue weighted by Crippen LogP contribution is -2.39. The first kappa shape index (κ1) is 17.4. The highest BCUT2D eigenvalue weighted by molar-refractivity contribution is 9.11. The molecule has 0 N–H and O–H groups in total. The Hall–Kier alpha value is 0.0900.